The van der Waals surface area contributed by atoms with Crippen LogP contribution in [0.15, 0.2) is 53.4 Å². The number of methoxy groups -OCH3 is 1. The number of rotatable bonds is 21. The molecule has 0 saturated heterocycles. The van der Waals surface area contributed by atoms with Gasteiger partial charge in [0.15, 0.2) is 0 Å². The third-order valence-corrected chi connectivity index (χ3v) is 8.92. The van der Waals surface area contributed by atoms with E-state index in [0.29, 0.717) is 24.5 Å². The Bertz CT molecular complexity index is 1060. The Morgan fingerprint density at radius 2 is 1.33 bits per heavy atom. The highest BCUT2D eigenvalue weighted by Gasteiger charge is 2.25. The third kappa shape index (κ3) is 12.6. The summed E-state index contributed by atoms with van der Waals surface area (Å²) in [6.45, 7) is 4.41. The zero-order valence-electron chi connectivity index (χ0n) is 24.4. The predicted octanol–water partition coefficient (Wildman–Crippen LogP) is 8.33. The van der Waals surface area contributed by atoms with Gasteiger partial charge in [0.2, 0.25) is 15.9 Å². The minimum absolute atomic E-state index is 0.147. The van der Waals surface area contributed by atoms with Gasteiger partial charge in [0.1, 0.15) is 5.75 Å². The number of anilines is 1. The molecule has 39 heavy (non-hydrogen) atoms. The van der Waals surface area contributed by atoms with Gasteiger partial charge in [0.05, 0.1) is 17.7 Å². The summed E-state index contributed by atoms with van der Waals surface area (Å²) in [6, 6.07) is 14.3. The Kier molecular flexibility index (Phi) is 15.8. The molecule has 0 heterocycles. The molecule has 2 aromatic carbocycles. The van der Waals surface area contributed by atoms with Gasteiger partial charge in [0, 0.05) is 20.0 Å². The topological polar surface area (TPSA) is 75.7 Å². The van der Waals surface area contributed by atoms with Crippen molar-refractivity contribution >= 4 is 21.6 Å². The van der Waals surface area contributed by atoms with Gasteiger partial charge in [-0.2, -0.15) is 4.31 Å². The molecule has 0 aliphatic rings. The summed E-state index contributed by atoms with van der Waals surface area (Å²) in [5, 5.41) is 2.68. The maximum atomic E-state index is 13.7. The van der Waals surface area contributed by atoms with Gasteiger partial charge in [-0.05, 0) is 30.2 Å². The number of nitrogens with one attached hydrogen (secondary N) is 1. The van der Waals surface area contributed by atoms with Crippen molar-refractivity contribution in [3.05, 3.63) is 54.1 Å². The van der Waals surface area contributed by atoms with Gasteiger partial charge < -0.3 is 10.1 Å². The van der Waals surface area contributed by atoms with Crippen LogP contribution in [0, 0.1) is 0 Å². The van der Waals surface area contributed by atoms with E-state index < -0.39 is 10.0 Å². The molecule has 0 atom stereocenters. The van der Waals surface area contributed by atoms with Crippen LogP contribution in [-0.4, -0.2) is 32.3 Å². The summed E-state index contributed by atoms with van der Waals surface area (Å²) in [5.41, 5.74) is 1.30. The molecule has 0 saturated carbocycles. The molecular formula is C32H50N2O4S. The number of benzene rings is 2. The SMILES string of the molecule is CCCCCCCCCCCCCCCCN(Cc1ccccc1)S(=O)(=O)c1ccc(OC)c(NC(C)=O)c1. The number of sulfonamides is 1. The summed E-state index contributed by atoms with van der Waals surface area (Å²) in [6.07, 6.45) is 17.6. The molecule has 0 aliphatic heterocycles. The van der Waals surface area contributed by atoms with Crippen LogP contribution in [0.2, 0.25) is 0 Å². The molecule has 0 unspecified atom stereocenters. The van der Waals surface area contributed by atoms with Gasteiger partial charge in [-0.1, -0.05) is 121 Å². The number of carbonyl (C=O) groups excluding carboxylic acids is 1. The Morgan fingerprint density at radius 1 is 0.795 bits per heavy atom. The monoisotopic (exact) mass is 558 g/mol. The lowest BCUT2D eigenvalue weighted by Gasteiger charge is -2.23. The Balaban J connectivity index is 1.87. The van der Waals surface area contributed by atoms with Crippen molar-refractivity contribution in [2.24, 2.45) is 0 Å². The fourth-order valence-electron chi connectivity index (χ4n) is 4.84. The van der Waals surface area contributed by atoms with Gasteiger partial charge in [-0.25, -0.2) is 8.42 Å². The zero-order chi connectivity index (χ0) is 28.3. The second kappa shape index (κ2) is 18.8. The summed E-state index contributed by atoms with van der Waals surface area (Å²) in [5.74, 6) is 0.136. The molecule has 6 nitrogen and oxygen atoms in total. The Hall–Kier alpha value is -2.38. The largest absolute Gasteiger partial charge is 0.495 e. The lowest BCUT2D eigenvalue weighted by molar-refractivity contribution is -0.114. The molecule has 7 heteroatoms. The number of ether oxygens (including phenoxy) is 1. The maximum absolute atomic E-state index is 13.7. The highest BCUT2D eigenvalue weighted by molar-refractivity contribution is 7.89. The molecule has 0 aromatic heterocycles. The zero-order valence-corrected chi connectivity index (χ0v) is 25.2. The number of carbonyl (C=O) groups is 1. The summed E-state index contributed by atoms with van der Waals surface area (Å²) < 4.78 is 34.3. The van der Waals surface area contributed by atoms with Crippen molar-refractivity contribution in [1.82, 2.24) is 4.31 Å². The molecule has 0 aliphatic carbocycles. The Morgan fingerprint density at radius 3 is 1.85 bits per heavy atom. The van der Waals surface area contributed by atoms with Crippen LogP contribution in [0.3, 0.4) is 0 Å². The van der Waals surface area contributed by atoms with Crippen LogP contribution in [-0.2, 0) is 21.4 Å². The van der Waals surface area contributed by atoms with Crippen LogP contribution in [0.4, 0.5) is 5.69 Å². The van der Waals surface area contributed by atoms with E-state index in [-0.39, 0.29) is 10.8 Å². The van der Waals surface area contributed by atoms with Gasteiger partial charge >= 0.3 is 0 Å². The van der Waals surface area contributed by atoms with Crippen LogP contribution in [0.25, 0.3) is 0 Å². The summed E-state index contributed by atoms with van der Waals surface area (Å²) >= 11 is 0. The van der Waals surface area contributed by atoms with E-state index in [9.17, 15) is 13.2 Å². The molecule has 2 aromatic rings. The standard InChI is InChI=1S/C32H50N2O4S/c1-4-5-6-7-8-9-10-11-12-13-14-15-16-20-25-34(27-29-21-18-17-19-22-29)39(36,37)30-23-24-32(38-3)31(26-30)33-28(2)35/h17-19,21-24,26H,4-16,20,25,27H2,1-3H3,(H,33,35). The van der Waals surface area contributed by atoms with Crippen LogP contribution in [0.1, 0.15) is 109 Å². The molecule has 0 radical (unpaired) electrons. The average Bonchev–Trinajstić information content (AvgIpc) is 2.92. The quantitative estimate of drug-likeness (QED) is 0.156. The third-order valence-electron chi connectivity index (χ3n) is 7.08. The van der Waals surface area contributed by atoms with E-state index in [1.165, 1.54) is 90.7 Å². The van der Waals surface area contributed by atoms with Crippen molar-refractivity contribution in [3.63, 3.8) is 0 Å². The van der Waals surface area contributed by atoms with Gasteiger partial charge in [-0.3, -0.25) is 4.79 Å². The molecule has 1 amide bonds. The molecule has 2 rings (SSSR count). The molecule has 0 bridgehead atoms. The lowest BCUT2D eigenvalue weighted by atomic mass is 10.0. The maximum Gasteiger partial charge on any atom is 0.243 e. The molecular weight excluding hydrogens is 508 g/mol. The smallest absolute Gasteiger partial charge is 0.243 e. The number of nitrogens with zero attached hydrogens (tertiary/aromatic N) is 1. The minimum Gasteiger partial charge on any atom is -0.495 e. The van der Waals surface area contributed by atoms with E-state index in [0.717, 1.165) is 24.8 Å². The lowest BCUT2D eigenvalue weighted by Crippen LogP contribution is -2.31. The first-order chi connectivity index (χ1) is 18.9. The molecule has 218 valence electrons. The van der Waals surface area contributed by atoms with Crippen LogP contribution >= 0.6 is 0 Å². The fraction of sp³-hybridized carbons (Fsp3) is 0.594. The average molecular weight is 559 g/mol. The number of hydrogen-bond donors (Lipinski definition) is 1. The van der Waals surface area contributed by atoms with E-state index in [2.05, 4.69) is 12.2 Å². The number of amides is 1. The number of unbranched alkanes of at least 4 members (excludes halogenated alkanes) is 13. The van der Waals surface area contributed by atoms with Crippen molar-refractivity contribution in [2.75, 3.05) is 19.0 Å². The molecule has 0 spiro atoms. The van der Waals surface area contributed by atoms with Gasteiger partial charge in [-0.15, -0.1) is 0 Å². The summed E-state index contributed by atoms with van der Waals surface area (Å²) in [7, 11) is -2.28. The highest BCUT2D eigenvalue weighted by atomic mass is 32.2. The first kappa shape index (κ1) is 32.8. The van der Waals surface area contributed by atoms with Crippen molar-refractivity contribution in [2.45, 2.75) is 115 Å². The Labute approximate surface area is 237 Å². The van der Waals surface area contributed by atoms with Crippen molar-refractivity contribution in [3.8, 4) is 5.75 Å². The van der Waals surface area contributed by atoms with Crippen LogP contribution < -0.4 is 10.1 Å². The molecule has 0 fully saturated rings. The van der Waals surface area contributed by atoms with E-state index in [1.54, 1.807) is 16.4 Å². The fourth-order valence-corrected chi connectivity index (χ4v) is 6.33. The van der Waals surface area contributed by atoms with Crippen molar-refractivity contribution in [1.29, 1.82) is 0 Å². The van der Waals surface area contributed by atoms with Crippen LogP contribution in [0.5, 0.6) is 5.75 Å². The van der Waals surface area contributed by atoms with Crippen molar-refractivity contribution < 1.29 is 17.9 Å². The normalized spacial score (nSPS) is 11.6. The second-order valence-corrected chi connectivity index (χ2v) is 12.4. The van der Waals surface area contributed by atoms with E-state index >= 15 is 0 Å². The van der Waals surface area contributed by atoms with E-state index in [1.807, 2.05) is 30.3 Å². The first-order valence-electron chi connectivity index (χ1n) is 14.9. The molecule has 1 N–H and O–H groups in total. The summed E-state index contributed by atoms with van der Waals surface area (Å²) in [4.78, 5) is 11.8. The highest BCUT2D eigenvalue weighted by Crippen LogP contribution is 2.30. The first-order valence-corrected chi connectivity index (χ1v) is 16.3. The second-order valence-electron chi connectivity index (χ2n) is 10.5. The number of hydrogen-bond acceptors (Lipinski definition) is 4. The minimum atomic E-state index is -3.77. The van der Waals surface area contributed by atoms with Gasteiger partial charge in [0.25, 0.3) is 0 Å². The predicted molar refractivity (Wildman–Crippen MR) is 162 cm³/mol. The van der Waals surface area contributed by atoms with E-state index in [4.69, 9.17) is 4.74 Å².